The lowest BCUT2D eigenvalue weighted by molar-refractivity contribution is 0.453. The van der Waals surface area contributed by atoms with E-state index < -0.39 is 0 Å². The number of aromatic nitrogens is 4. The number of rotatable bonds is 3. The molecule has 1 N–H and O–H groups in total. The summed E-state index contributed by atoms with van der Waals surface area (Å²) >= 11 is 0. The molecule has 0 bridgehead atoms. The molecule has 5 heteroatoms. The fourth-order valence-corrected chi connectivity index (χ4v) is 2.59. The first-order chi connectivity index (χ1) is 9.38. The highest BCUT2D eigenvalue weighted by atomic mass is 15.1. The van der Waals surface area contributed by atoms with Gasteiger partial charge in [-0.1, -0.05) is 6.92 Å². The molecule has 1 aliphatic rings. The van der Waals surface area contributed by atoms with Crippen LogP contribution < -0.4 is 5.32 Å². The Morgan fingerprint density at radius 1 is 1.42 bits per heavy atom. The minimum absolute atomic E-state index is 0.481. The highest BCUT2D eigenvalue weighted by Gasteiger charge is 2.17. The van der Waals surface area contributed by atoms with Crippen LogP contribution in [0.3, 0.4) is 0 Å². The maximum atomic E-state index is 4.77. The average Bonchev–Trinajstić information content (AvgIpc) is 2.97. The Bertz CT molecular complexity index is 542. The number of nitrogens with one attached hydrogen (secondary N) is 1. The number of piperidine rings is 1. The number of hydrogen-bond acceptors (Lipinski definition) is 4. The molecule has 1 unspecified atom stereocenters. The second-order valence-electron chi connectivity index (χ2n) is 4.91. The zero-order valence-corrected chi connectivity index (χ0v) is 11.2. The van der Waals surface area contributed by atoms with Crippen LogP contribution in [0.1, 0.15) is 37.2 Å². The van der Waals surface area contributed by atoms with Crippen molar-refractivity contribution in [3.8, 4) is 5.82 Å². The first kappa shape index (κ1) is 12.3. The van der Waals surface area contributed by atoms with Crippen LogP contribution in [0.15, 0.2) is 24.8 Å². The van der Waals surface area contributed by atoms with Crippen molar-refractivity contribution < 1.29 is 0 Å². The molecule has 2 aromatic rings. The second kappa shape index (κ2) is 5.48. The molecule has 1 atom stereocenters. The van der Waals surface area contributed by atoms with Gasteiger partial charge in [-0.2, -0.15) is 0 Å². The van der Waals surface area contributed by atoms with E-state index in [-0.39, 0.29) is 0 Å². The maximum Gasteiger partial charge on any atom is 0.156 e. The van der Waals surface area contributed by atoms with E-state index in [2.05, 4.69) is 22.2 Å². The van der Waals surface area contributed by atoms with Crippen LogP contribution in [0.2, 0.25) is 0 Å². The van der Waals surface area contributed by atoms with Crippen molar-refractivity contribution >= 4 is 0 Å². The molecule has 3 heterocycles. The lowest BCUT2D eigenvalue weighted by Gasteiger charge is -2.22. The van der Waals surface area contributed by atoms with Crippen molar-refractivity contribution in [3.05, 3.63) is 36.3 Å². The first-order valence-electron chi connectivity index (χ1n) is 6.93. The summed E-state index contributed by atoms with van der Waals surface area (Å²) in [5.41, 5.74) is 1.08. The third-order valence-electron chi connectivity index (χ3n) is 3.64. The lowest BCUT2D eigenvalue weighted by atomic mass is 9.96. The highest BCUT2D eigenvalue weighted by Crippen LogP contribution is 2.21. The Kier molecular flexibility index (Phi) is 3.55. The molecule has 19 heavy (non-hydrogen) atoms. The standard InChI is InChI=1S/C14H19N5/c1-2-13-17-6-7-19(13)14-10-16-9-12(18-14)11-4-3-5-15-8-11/h6-7,9-11,15H,2-5,8H2,1H3. The van der Waals surface area contributed by atoms with Crippen LogP contribution in [0.5, 0.6) is 0 Å². The first-order valence-corrected chi connectivity index (χ1v) is 6.93. The van der Waals surface area contributed by atoms with Gasteiger partial charge in [0.1, 0.15) is 5.82 Å². The number of aryl methyl sites for hydroxylation is 1. The topological polar surface area (TPSA) is 55.6 Å². The molecule has 0 saturated carbocycles. The fraction of sp³-hybridized carbons (Fsp3) is 0.500. The molecule has 0 spiro atoms. The van der Waals surface area contributed by atoms with Crippen LogP contribution in [0.25, 0.3) is 5.82 Å². The van der Waals surface area contributed by atoms with Crippen molar-refractivity contribution in [2.24, 2.45) is 0 Å². The molecular formula is C14H19N5. The third kappa shape index (κ3) is 2.51. The van der Waals surface area contributed by atoms with E-state index in [1.54, 1.807) is 6.20 Å². The Balaban J connectivity index is 1.91. The van der Waals surface area contributed by atoms with Gasteiger partial charge in [0.25, 0.3) is 0 Å². The van der Waals surface area contributed by atoms with Gasteiger partial charge in [-0.25, -0.2) is 9.97 Å². The smallest absolute Gasteiger partial charge is 0.156 e. The molecule has 1 fully saturated rings. The summed E-state index contributed by atoms with van der Waals surface area (Å²) in [5, 5.41) is 3.42. The quantitative estimate of drug-likeness (QED) is 0.909. The SMILES string of the molecule is CCc1nccn1-c1cncc(C2CCCNC2)n1. The predicted molar refractivity (Wildman–Crippen MR) is 73.4 cm³/mol. The van der Waals surface area contributed by atoms with E-state index in [9.17, 15) is 0 Å². The summed E-state index contributed by atoms with van der Waals surface area (Å²) in [6.45, 7) is 4.22. The van der Waals surface area contributed by atoms with Crippen molar-refractivity contribution in [2.75, 3.05) is 13.1 Å². The Labute approximate surface area is 113 Å². The highest BCUT2D eigenvalue weighted by molar-refractivity contribution is 5.24. The zero-order valence-electron chi connectivity index (χ0n) is 11.2. The number of imidazole rings is 1. The third-order valence-corrected chi connectivity index (χ3v) is 3.64. The Morgan fingerprint density at radius 2 is 2.37 bits per heavy atom. The molecule has 0 radical (unpaired) electrons. The van der Waals surface area contributed by atoms with Crippen molar-refractivity contribution in [1.82, 2.24) is 24.8 Å². The molecule has 0 aliphatic carbocycles. The molecule has 1 saturated heterocycles. The summed E-state index contributed by atoms with van der Waals surface area (Å²) in [5.74, 6) is 2.38. The van der Waals surface area contributed by atoms with Gasteiger partial charge in [0.05, 0.1) is 11.9 Å². The summed E-state index contributed by atoms with van der Waals surface area (Å²) in [4.78, 5) is 13.5. The molecular weight excluding hydrogens is 238 g/mol. The van der Waals surface area contributed by atoms with Gasteiger partial charge in [-0.05, 0) is 19.4 Å². The summed E-state index contributed by atoms with van der Waals surface area (Å²) < 4.78 is 2.02. The monoisotopic (exact) mass is 257 g/mol. The van der Waals surface area contributed by atoms with Gasteiger partial charge in [0.15, 0.2) is 5.82 Å². The van der Waals surface area contributed by atoms with E-state index in [0.29, 0.717) is 5.92 Å². The largest absolute Gasteiger partial charge is 0.316 e. The molecule has 1 aliphatic heterocycles. The summed E-state index contributed by atoms with van der Waals surface area (Å²) in [6.07, 6.45) is 10.8. The Morgan fingerprint density at radius 3 is 3.16 bits per heavy atom. The van der Waals surface area contributed by atoms with Gasteiger partial charge in [0, 0.05) is 37.5 Å². The van der Waals surface area contributed by atoms with Crippen LogP contribution in [-0.2, 0) is 6.42 Å². The average molecular weight is 257 g/mol. The second-order valence-corrected chi connectivity index (χ2v) is 4.91. The number of hydrogen-bond donors (Lipinski definition) is 1. The van der Waals surface area contributed by atoms with Crippen LogP contribution >= 0.6 is 0 Å². The van der Waals surface area contributed by atoms with Crippen LogP contribution in [-0.4, -0.2) is 32.6 Å². The summed E-state index contributed by atoms with van der Waals surface area (Å²) in [7, 11) is 0. The van der Waals surface area contributed by atoms with Crippen molar-refractivity contribution in [3.63, 3.8) is 0 Å². The normalized spacial score (nSPS) is 19.5. The van der Waals surface area contributed by atoms with Crippen molar-refractivity contribution in [1.29, 1.82) is 0 Å². The van der Waals surface area contributed by atoms with E-state index >= 15 is 0 Å². The fourth-order valence-electron chi connectivity index (χ4n) is 2.59. The molecule has 0 amide bonds. The lowest BCUT2D eigenvalue weighted by Crippen LogP contribution is -2.29. The van der Waals surface area contributed by atoms with Gasteiger partial charge >= 0.3 is 0 Å². The zero-order chi connectivity index (χ0) is 13.1. The summed E-state index contributed by atoms with van der Waals surface area (Å²) in [6, 6.07) is 0. The number of nitrogens with zero attached hydrogens (tertiary/aromatic N) is 4. The van der Waals surface area contributed by atoms with Crippen molar-refractivity contribution in [2.45, 2.75) is 32.1 Å². The molecule has 5 nitrogen and oxygen atoms in total. The van der Waals surface area contributed by atoms with Gasteiger partial charge in [-0.15, -0.1) is 0 Å². The van der Waals surface area contributed by atoms with Gasteiger partial charge in [-0.3, -0.25) is 9.55 Å². The van der Waals surface area contributed by atoms with E-state index in [1.165, 1.54) is 12.8 Å². The molecule has 3 rings (SSSR count). The minimum Gasteiger partial charge on any atom is -0.316 e. The molecule has 0 aromatic carbocycles. The van der Waals surface area contributed by atoms with E-state index in [4.69, 9.17) is 4.98 Å². The Hall–Kier alpha value is -1.75. The van der Waals surface area contributed by atoms with Crippen LogP contribution in [0, 0.1) is 0 Å². The van der Waals surface area contributed by atoms with Gasteiger partial charge < -0.3 is 5.32 Å². The molecule has 2 aromatic heterocycles. The van der Waals surface area contributed by atoms with Gasteiger partial charge in [0.2, 0.25) is 0 Å². The molecule has 100 valence electrons. The maximum absolute atomic E-state index is 4.77. The van der Waals surface area contributed by atoms with E-state index in [0.717, 1.165) is 36.8 Å². The predicted octanol–water partition coefficient (Wildman–Crippen LogP) is 1.69. The minimum atomic E-state index is 0.481. The van der Waals surface area contributed by atoms with E-state index in [1.807, 2.05) is 23.2 Å². The van der Waals surface area contributed by atoms with Crippen LogP contribution in [0.4, 0.5) is 0 Å².